The van der Waals surface area contributed by atoms with Crippen LogP contribution < -0.4 is 16.0 Å². The van der Waals surface area contributed by atoms with E-state index in [9.17, 15) is 9.59 Å². The van der Waals surface area contributed by atoms with Gasteiger partial charge in [-0.25, -0.2) is 4.98 Å². The summed E-state index contributed by atoms with van der Waals surface area (Å²) in [6.07, 6.45) is 2.99. The molecule has 4 aromatic rings. The quantitative estimate of drug-likeness (QED) is 0.455. The first kappa shape index (κ1) is 20.0. The lowest BCUT2D eigenvalue weighted by Gasteiger charge is -2.15. The van der Waals surface area contributed by atoms with Crippen molar-refractivity contribution in [3.05, 3.63) is 89.7 Å². The second kappa shape index (κ2) is 8.62. The van der Waals surface area contributed by atoms with Crippen molar-refractivity contribution in [2.45, 2.75) is 6.92 Å². The van der Waals surface area contributed by atoms with Crippen LogP contribution >= 0.6 is 0 Å². The lowest BCUT2D eigenvalue weighted by atomic mass is 10.1. The van der Waals surface area contributed by atoms with Crippen LogP contribution in [0.2, 0.25) is 0 Å². The fourth-order valence-electron chi connectivity index (χ4n) is 3.16. The van der Waals surface area contributed by atoms with E-state index < -0.39 is 0 Å². The van der Waals surface area contributed by atoms with Gasteiger partial charge >= 0.3 is 0 Å². The van der Waals surface area contributed by atoms with Crippen LogP contribution in [0.25, 0.3) is 10.9 Å². The predicted molar refractivity (Wildman–Crippen MR) is 122 cm³/mol. The summed E-state index contributed by atoms with van der Waals surface area (Å²) >= 11 is 0. The number of pyridine rings is 2. The molecule has 0 spiro atoms. The van der Waals surface area contributed by atoms with E-state index in [1.54, 1.807) is 19.2 Å². The summed E-state index contributed by atoms with van der Waals surface area (Å²) in [4.78, 5) is 33.8. The summed E-state index contributed by atoms with van der Waals surface area (Å²) in [5.74, 6) is -0.205. The van der Waals surface area contributed by atoms with Crippen LogP contribution in [0.5, 0.6) is 0 Å². The summed E-state index contributed by atoms with van der Waals surface area (Å²) in [6, 6.07) is 18.7. The van der Waals surface area contributed by atoms with Crippen LogP contribution in [0.1, 0.15) is 26.3 Å². The molecule has 2 heterocycles. The Labute approximate surface area is 179 Å². The van der Waals surface area contributed by atoms with Crippen molar-refractivity contribution in [1.29, 1.82) is 0 Å². The van der Waals surface area contributed by atoms with Gasteiger partial charge in [-0.2, -0.15) is 0 Å². The number of hydrogen-bond acceptors (Lipinski definition) is 5. The van der Waals surface area contributed by atoms with Gasteiger partial charge in [0.1, 0.15) is 0 Å². The van der Waals surface area contributed by atoms with Crippen LogP contribution in [0.4, 0.5) is 17.2 Å². The van der Waals surface area contributed by atoms with Crippen molar-refractivity contribution in [2.75, 3.05) is 17.7 Å². The summed E-state index contributed by atoms with van der Waals surface area (Å²) in [5.41, 5.74) is 3.82. The fraction of sp³-hybridized carbons (Fsp3) is 0.0833. The van der Waals surface area contributed by atoms with Gasteiger partial charge in [0.15, 0.2) is 5.82 Å². The number of aromatic nitrogens is 2. The molecule has 0 atom stereocenters. The van der Waals surface area contributed by atoms with Crippen molar-refractivity contribution < 1.29 is 9.59 Å². The largest absolute Gasteiger partial charge is 0.355 e. The van der Waals surface area contributed by atoms with E-state index in [-0.39, 0.29) is 11.8 Å². The zero-order chi connectivity index (χ0) is 21.8. The molecule has 154 valence electrons. The van der Waals surface area contributed by atoms with Crippen LogP contribution in [-0.4, -0.2) is 28.8 Å². The number of nitrogens with one attached hydrogen (secondary N) is 3. The van der Waals surface area contributed by atoms with Gasteiger partial charge in [0, 0.05) is 30.5 Å². The summed E-state index contributed by atoms with van der Waals surface area (Å²) in [6.45, 7) is 1.97. The van der Waals surface area contributed by atoms with E-state index in [0.29, 0.717) is 22.6 Å². The Kier molecular flexibility index (Phi) is 5.57. The Morgan fingerprint density at radius 3 is 2.32 bits per heavy atom. The molecule has 7 nitrogen and oxygen atoms in total. The Morgan fingerprint density at radius 1 is 0.806 bits per heavy atom. The molecule has 0 bridgehead atoms. The SMILES string of the molecule is CNC(=O)c1cnc(Nc2ccccc2C)c(NC(=O)c2cnc3ccccc3c2)c1. The maximum atomic E-state index is 13.0. The van der Waals surface area contributed by atoms with E-state index in [1.807, 2.05) is 55.5 Å². The second-order valence-electron chi connectivity index (χ2n) is 7.01. The average Bonchev–Trinajstić information content (AvgIpc) is 2.80. The van der Waals surface area contributed by atoms with Crippen molar-refractivity contribution in [1.82, 2.24) is 15.3 Å². The highest BCUT2D eigenvalue weighted by molar-refractivity contribution is 6.08. The number of anilines is 3. The molecular weight excluding hydrogens is 390 g/mol. The number of carbonyl (C=O) groups excluding carboxylic acids is 2. The third kappa shape index (κ3) is 4.35. The third-order valence-electron chi connectivity index (χ3n) is 4.88. The Morgan fingerprint density at radius 2 is 1.52 bits per heavy atom. The second-order valence-corrected chi connectivity index (χ2v) is 7.01. The minimum atomic E-state index is -0.345. The number of fused-ring (bicyclic) bond motifs is 1. The molecule has 7 heteroatoms. The van der Waals surface area contributed by atoms with Gasteiger partial charge in [-0.3, -0.25) is 14.6 Å². The molecule has 2 aromatic heterocycles. The molecule has 4 rings (SSSR count). The lowest BCUT2D eigenvalue weighted by Crippen LogP contribution is -2.20. The number of para-hydroxylation sites is 2. The van der Waals surface area contributed by atoms with Gasteiger partial charge in [0.05, 0.1) is 22.3 Å². The van der Waals surface area contributed by atoms with E-state index in [0.717, 1.165) is 22.2 Å². The normalized spacial score (nSPS) is 10.5. The lowest BCUT2D eigenvalue weighted by molar-refractivity contribution is 0.0961. The van der Waals surface area contributed by atoms with Gasteiger partial charge in [0.2, 0.25) is 0 Å². The highest BCUT2D eigenvalue weighted by Gasteiger charge is 2.15. The summed E-state index contributed by atoms with van der Waals surface area (Å²) in [7, 11) is 1.54. The molecule has 0 radical (unpaired) electrons. The maximum Gasteiger partial charge on any atom is 0.257 e. The number of nitrogens with zero attached hydrogens (tertiary/aromatic N) is 2. The van der Waals surface area contributed by atoms with E-state index in [4.69, 9.17) is 0 Å². The van der Waals surface area contributed by atoms with Gasteiger partial charge in [0.25, 0.3) is 11.8 Å². The van der Waals surface area contributed by atoms with E-state index in [2.05, 4.69) is 25.9 Å². The Hall–Kier alpha value is -4.26. The first-order valence-corrected chi connectivity index (χ1v) is 9.76. The highest BCUT2D eigenvalue weighted by atomic mass is 16.2. The molecule has 0 aliphatic heterocycles. The third-order valence-corrected chi connectivity index (χ3v) is 4.88. The van der Waals surface area contributed by atoms with Gasteiger partial charge < -0.3 is 16.0 Å². The number of benzene rings is 2. The average molecular weight is 411 g/mol. The summed E-state index contributed by atoms with van der Waals surface area (Å²) < 4.78 is 0. The van der Waals surface area contributed by atoms with Gasteiger partial charge in [-0.05, 0) is 36.8 Å². The van der Waals surface area contributed by atoms with E-state index in [1.165, 1.54) is 12.4 Å². The van der Waals surface area contributed by atoms with Gasteiger partial charge in [-0.1, -0.05) is 36.4 Å². The van der Waals surface area contributed by atoms with Crippen molar-refractivity contribution >= 4 is 39.9 Å². The molecule has 2 amide bonds. The molecule has 0 aliphatic rings. The molecule has 0 saturated carbocycles. The molecule has 0 fully saturated rings. The van der Waals surface area contributed by atoms with Crippen LogP contribution in [-0.2, 0) is 0 Å². The number of carbonyl (C=O) groups is 2. The van der Waals surface area contributed by atoms with Crippen molar-refractivity contribution in [3.63, 3.8) is 0 Å². The van der Waals surface area contributed by atoms with E-state index >= 15 is 0 Å². The first-order chi connectivity index (χ1) is 15.0. The first-order valence-electron chi connectivity index (χ1n) is 9.76. The number of amides is 2. The zero-order valence-electron chi connectivity index (χ0n) is 17.1. The highest BCUT2D eigenvalue weighted by Crippen LogP contribution is 2.27. The fourth-order valence-corrected chi connectivity index (χ4v) is 3.16. The standard InChI is InChI=1S/C24H21N5O2/c1-15-7-3-5-9-19(15)28-22-21(12-18(14-27-22)23(30)25-2)29-24(31)17-11-16-8-4-6-10-20(16)26-13-17/h3-14H,1-2H3,(H,25,30)(H,27,28)(H,29,31). The molecule has 31 heavy (non-hydrogen) atoms. The number of hydrogen-bond donors (Lipinski definition) is 3. The topological polar surface area (TPSA) is 96.0 Å². The van der Waals surface area contributed by atoms with Crippen molar-refractivity contribution in [3.8, 4) is 0 Å². The number of rotatable bonds is 5. The minimum Gasteiger partial charge on any atom is -0.355 e. The Balaban J connectivity index is 1.69. The predicted octanol–water partition coefficient (Wildman–Crippen LogP) is 4.29. The molecule has 0 aliphatic carbocycles. The van der Waals surface area contributed by atoms with Gasteiger partial charge in [-0.15, -0.1) is 0 Å². The molecular formula is C24H21N5O2. The molecule has 2 aromatic carbocycles. The Bertz CT molecular complexity index is 1290. The maximum absolute atomic E-state index is 13.0. The summed E-state index contributed by atoms with van der Waals surface area (Å²) in [5, 5.41) is 9.54. The number of aryl methyl sites for hydroxylation is 1. The molecule has 0 saturated heterocycles. The zero-order valence-corrected chi connectivity index (χ0v) is 17.1. The van der Waals surface area contributed by atoms with Crippen LogP contribution in [0.3, 0.4) is 0 Å². The van der Waals surface area contributed by atoms with Crippen LogP contribution in [0.15, 0.2) is 73.1 Å². The molecule has 3 N–H and O–H groups in total. The minimum absolute atomic E-state index is 0.294. The monoisotopic (exact) mass is 411 g/mol. The molecule has 0 unspecified atom stereocenters. The van der Waals surface area contributed by atoms with Crippen molar-refractivity contribution in [2.24, 2.45) is 0 Å². The van der Waals surface area contributed by atoms with Crippen LogP contribution in [0, 0.1) is 6.92 Å². The smallest absolute Gasteiger partial charge is 0.257 e.